The summed E-state index contributed by atoms with van der Waals surface area (Å²) < 4.78 is 17.9. The van der Waals surface area contributed by atoms with E-state index in [2.05, 4.69) is 5.32 Å². The van der Waals surface area contributed by atoms with E-state index in [9.17, 15) is 4.39 Å². The second-order valence-electron chi connectivity index (χ2n) is 3.21. The molecular weight excluding hydrogens is 252 g/mol. The first kappa shape index (κ1) is 13.7. The summed E-state index contributed by atoms with van der Waals surface area (Å²) in [7, 11) is 0. The molecule has 0 amide bonds. The number of benzene rings is 1. The number of nitrogens with one attached hydrogen (secondary N) is 1. The van der Waals surface area contributed by atoms with Crippen molar-refractivity contribution in [2.75, 3.05) is 25.6 Å². The van der Waals surface area contributed by atoms with Crippen LogP contribution in [-0.4, -0.2) is 25.6 Å². The van der Waals surface area contributed by atoms with Gasteiger partial charge >= 0.3 is 0 Å². The lowest BCUT2D eigenvalue weighted by Gasteiger charge is -2.07. The van der Waals surface area contributed by atoms with Gasteiger partial charge < -0.3 is 10.1 Å². The van der Waals surface area contributed by atoms with Gasteiger partial charge in [0.2, 0.25) is 0 Å². The van der Waals surface area contributed by atoms with Gasteiger partial charge in [-0.25, -0.2) is 4.39 Å². The Morgan fingerprint density at radius 2 is 2.12 bits per heavy atom. The fourth-order valence-electron chi connectivity index (χ4n) is 1.19. The van der Waals surface area contributed by atoms with Gasteiger partial charge in [-0.15, -0.1) is 11.6 Å². The van der Waals surface area contributed by atoms with Crippen LogP contribution < -0.4 is 5.32 Å². The van der Waals surface area contributed by atoms with Crippen LogP contribution in [0, 0.1) is 5.82 Å². The van der Waals surface area contributed by atoms with Gasteiger partial charge in [0.25, 0.3) is 0 Å². The first-order valence-corrected chi connectivity index (χ1v) is 5.93. The molecule has 0 unspecified atom stereocenters. The lowest BCUT2D eigenvalue weighted by atomic mass is 10.2. The van der Waals surface area contributed by atoms with E-state index >= 15 is 0 Å². The molecule has 0 fully saturated rings. The van der Waals surface area contributed by atoms with E-state index in [1.165, 1.54) is 12.1 Å². The highest BCUT2D eigenvalue weighted by molar-refractivity contribution is 6.31. The van der Waals surface area contributed by atoms with Gasteiger partial charge in [0.05, 0.1) is 13.2 Å². The third-order valence-electron chi connectivity index (χ3n) is 1.98. The van der Waals surface area contributed by atoms with Gasteiger partial charge in [-0.1, -0.05) is 17.7 Å². The molecule has 0 atom stereocenters. The largest absolute Gasteiger partial charge is 0.379 e. The molecule has 90 valence electrons. The molecule has 0 saturated carbocycles. The Hall–Kier alpha value is -0.350. The Morgan fingerprint density at radius 1 is 1.31 bits per heavy atom. The number of halogens is 3. The fraction of sp³-hybridized carbons (Fsp3) is 0.455. The van der Waals surface area contributed by atoms with Crippen LogP contribution in [0.4, 0.5) is 4.39 Å². The van der Waals surface area contributed by atoms with Crippen LogP contribution in [0.15, 0.2) is 18.2 Å². The number of ether oxygens (including phenoxy) is 1. The molecule has 1 aromatic carbocycles. The molecule has 16 heavy (non-hydrogen) atoms. The van der Waals surface area contributed by atoms with E-state index in [4.69, 9.17) is 27.9 Å². The van der Waals surface area contributed by atoms with E-state index in [0.29, 0.717) is 37.2 Å². The number of alkyl halides is 1. The van der Waals surface area contributed by atoms with E-state index in [-0.39, 0.29) is 5.82 Å². The maximum atomic E-state index is 12.7. The highest BCUT2D eigenvalue weighted by atomic mass is 35.5. The number of rotatable bonds is 7. The minimum atomic E-state index is -0.320. The quantitative estimate of drug-likeness (QED) is 0.605. The van der Waals surface area contributed by atoms with E-state index in [1.54, 1.807) is 6.07 Å². The molecule has 0 saturated heterocycles. The van der Waals surface area contributed by atoms with Crippen molar-refractivity contribution in [3.05, 3.63) is 34.6 Å². The minimum Gasteiger partial charge on any atom is -0.379 e. The van der Waals surface area contributed by atoms with Crippen molar-refractivity contribution in [2.24, 2.45) is 0 Å². The van der Waals surface area contributed by atoms with Crippen molar-refractivity contribution in [3.8, 4) is 0 Å². The van der Waals surface area contributed by atoms with Gasteiger partial charge in [-0.3, -0.25) is 0 Å². The molecule has 2 nitrogen and oxygen atoms in total. The van der Waals surface area contributed by atoms with Crippen molar-refractivity contribution in [1.29, 1.82) is 0 Å². The zero-order valence-electron chi connectivity index (χ0n) is 8.81. The topological polar surface area (TPSA) is 21.3 Å². The first-order chi connectivity index (χ1) is 7.74. The smallest absolute Gasteiger partial charge is 0.124 e. The van der Waals surface area contributed by atoms with Crippen LogP contribution in [0.5, 0.6) is 0 Å². The van der Waals surface area contributed by atoms with Gasteiger partial charge in [-0.05, 0) is 17.7 Å². The summed E-state index contributed by atoms with van der Waals surface area (Å²) in [5, 5.41) is 3.58. The van der Waals surface area contributed by atoms with Crippen LogP contribution >= 0.6 is 23.2 Å². The van der Waals surface area contributed by atoms with Crippen LogP contribution in [0.1, 0.15) is 5.56 Å². The molecule has 0 aromatic heterocycles. The average molecular weight is 266 g/mol. The number of hydrogen-bond donors (Lipinski definition) is 1. The standard InChI is InChI=1S/C11H14Cl2FNO/c12-3-5-16-6-4-15-8-9-1-2-10(14)7-11(9)13/h1-2,7,15H,3-6,8H2. The van der Waals surface area contributed by atoms with E-state index in [0.717, 1.165) is 5.56 Å². The molecule has 0 aliphatic rings. The maximum Gasteiger partial charge on any atom is 0.124 e. The Labute approximate surface area is 105 Å². The Bertz CT molecular complexity index is 323. The van der Waals surface area contributed by atoms with Gasteiger partial charge in [0.15, 0.2) is 0 Å². The molecule has 0 aliphatic heterocycles. The van der Waals surface area contributed by atoms with Crippen LogP contribution in [-0.2, 0) is 11.3 Å². The first-order valence-electron chi connectivity index (χ1n) is 5.02. The Morgan fingerprint density at radius 3 is 2.81 bits per heavy atom. The maximum absolute atomic E-state index is 12.7. The third-order valence-corrected chi connectivity index (χ3v) is 2.48. The summed E-state index contributed by atoms with van der Waals surface area (Å²) in [5.41, 5.74) is 0.875. The van der Waals surface area contributed by atoms with Crippen molar-refractivity contribution in [1.82, 2.24) is 5.32 Å². The molecule has 1 N–H and O–H groups in total. The van der Waals surface area contributed by atoms with Crippen molar-refractivity contribution < 1.29 is 9.13 Å². The second kappa shape index (κ2) is 7.85. The summed E-state index contributed by atoms with van der Waals surface area (Å²) in [5.74, 6) is 0.184. The minimum absolute atomic E-state index is 0.320. The van der Waals surface area contributed by atoms with Gasteiger partial charge in [0.1, 0.15) is 5.82 Å². The third kappa shape index (κ3) is 5.12. The summed E-state index contributed by atoms with van der Waals surface area (Å²) in [6.45, 7) is 2.47. The van der Waals surface area contributed by atoms with Crippen molar-refractivity contribution in [2.45, 2.75) is 6.54 Å². The monoisotopic (exact) mass is 265 g/mol. The summed E-state index contributed by atoms with van der Waals surface area (Å²) in [6, 6.07) is 4.37. The lowest BCUT2D eigenvalue weighted by molar-refractivity contribution is 0.151. The SMILES string of the molecule is Fc1ccc(CNCCOCCCl)c(Cl)c1. The normalized spacial score (nSPS) is 10.7. The Kier molecular flexibility index (Phi) is 6.73. The molecule has 0 bridgehead atoms. The number of hydrogen-bond acceptors (Lipinski definition) is 2. The molecule has 0 heterocycles. The fourth-order valence-corrected chi connectivity index (χ4v) is 1.53. The van der Waals surface area contributed by atoms with E-state index in [1.807, 2.05) is 0 Å². The van der Waals surface area contributed by atoms with E-state index < -0.39 is 0 Å². The van der Waals surface area contributed by atoms with Gasteiger partial charge in [0, 0.05) is 24.0 Å². The Balaban J connectivity index is 2.21. The molecular formula is C11H14Cl2FNO. The van der Waals surface area contributed by atoms with Crippen molar-refractivity contribution in [3.63, 3.8) is 0 Å². The molecule has 1 rings (SSSR count). The molecule has 0 aliphatic carbocycles. The zero-order chi connectivity index (χ0) is 11.8. The molecule has 1 aromatic rings. The predicted octanol–water partition coefficient (Wildman–Crippen LogP) is 2.82. The van der Waals surface area contributed by atoms with Crippen molar-refractivity contribution >= 4 is 23.2 Å². The van der Waals surface area contributed by atoms with Crippen LogP contribution in [0.2, 0.25) is 5.02 Å². The molecule has 0 radical (unpaired) electrons. The van der Waals surface area contributed by atoms with Crippen LogP contribution in [0.25, 0.3) is 0 Å². The molecule has 0 spiro atoms. The zero-order valence-corrected chi connectivity index (χ0v) is 10.3. The summed E-state index contributed by atoms with van der Waals surface area (Å²) in [4.78, 5) is 0. The highest BCUT2D eigenvalue weighted by Crippen LogP contribution is 2.16. The highest BCUT2D eigenvalue weighted by Gasteiger charge is 2.00. The van der Waals surface area contributed by atoms with Gasteiger partial charge in [-0.2, -0.15) is 0 Å². The van der Waals surface area contributed by atoms with Crippen LogP contribution in [0.3, 0.4) is 0 Å². The summed E-state index contributed by atoms with van der Waals surface area (Å²) >= 11 is 11.3. The molecule has 5 heteroatoms. The average Bonchev–Trinajstić information content (AvgIpc) is 2.26. The summed E-state index contributed by atoms with van der Waals surface area (Å²) in [6.07, 6.45) is 0. The second-order valence-corrected chi connectivity index (χ2v) is 4.00. The lowest BCUT2D eigenvalue weighted by Crippen LogP contribution is -2.19. The predicted molar refractivity (Wildman–Crippen MR) is 64.7 cm³/mol.